The third-order valence-corrected chi connectivity index (χ3v) is 4.43. The van der Waals surface area contributed by atoms with Crippen LogP contribution in [0.2, 0.25) is 0 Å². The van der Waals surface area contributed by atoms with Gasteiger partial charge in [0.2, 0.25) is 5.43 Å². The van der Waals surface area contributed by atoms with Crippen LogP contribution in [0.5, 0.6) is 5.75 Å². The molecule has 0 saturated heterocycles. The van der Waals surface area contributed by atoms with Gasteiger partial charge in [-0.3, -0.25) is 4.79 Å². The maximum atomic E-state index is 14.2. The second-order valence-electron chi connectivity index (χ2n) is 5.97. The smallest absolute Gasteiger partial charge is 0.223 e. The lowest BCUT2D eigenvalue weighted by Gasteiger charge is -2.28. The van der Waals surface area contributed by atoms with E-state index in [2.05, 4.69) is 0 Å². The minimum Gasteiger partial charge on any atom is -0.503 e. The second kappa shape index (κ2) is 5.53. The molecular weight excluding hydrogens is 328 g/mol. The fraction of sp³-hybridized carbons (Fsp3) is 0.105. The van der Waals surface area contributed by atoms with Crippen LogP contribution in [0.4, 0.5) is 8.78 Å². The molecule has 1 atom stereocenters. The Kier molecular flexibility index (Phi) is 3.43. The van der Waals surface area contributed by atoms with Gasteiger partial charge in [0.1, 0.15) is 11.6 Å². The maximum absolute atomic E-state index is 14.2. The molecule has 4 nitrogen and oxygen atoms in total. The van der Waals surface area contributed by atoms with Crippen molar-refractivity contribution in [2.24, 2.45) is 0 Å². The monoisotopic (exact) mass is 341 g/mol. The SMILES string of the molecule is O=c1cc2n(cc1O)-c1cccc(-c3cc(F)ccc3F)c1CC2O. The quantitative estimate of drug-likeness (QED) is 0.715. The normalized spacial score (nSPS) is 15.6. The van der Waals surface area contributed by atoms with Gasteiger partial charge in [0.15, 0.2) is 5.75 Å². The van der Waals surface area contributed by atoms with Crippen LogP contribution in [0.3, 0.4) is 0 Å². The molecule has 6 heteroatoms. The van der Waals surface area contributed by atoms with Crippen molar-refractivity contribution in [3.8, 4) is 22.6 Å². The van der Waals surface area contributed by atoms with E-state index in [-0.39, 0.29) is 12.0 Å². The summed E-state index contributed by atoms with van der Waals surface area (Å²) in [6.07, 6.45) is 0.370. The molecule has 0 fully saturated rings. The number of hydrogen-bond acceptors (Lipinski definition) is 3. The first-order chi connectivity index (χ1) is 12.0. The summed E-state index contributed by atoms with van der Waals surface area (Å²) in [5.41, 5.74) is 1.51. The van der Waals surface area contributed by atoms with Crippen LogP contribution in [0.25, 0.3) is 16.8 Å². The van der Waals surface area contributed by atoms with Crippen LogP contribution in [0.15, 0.2) is 53.5 Å². The Bertz CT molecular complexity index is 1060. The highest BCUT2D eigenvalue weighted by Crippen LogP contribution is 2.38. The number of aliphatic hydroxyl groups excluding tert-OH is 1. The molecule has 0 amide bonds. The number of nitrogens with zero attached hydrogens (tertiary/aromatic N) is 1. The van der Waals surface area contributed by atoms with Crippen LogP contribution in [-0.2, 0) is 6.42 Å². The molecule has 0 saturated carbocycles. The van der Waals surface area contributed by atoms with Gasteiger partial charge in [0.05, 0.1) is 18.0 Å². The molecule has 3 aromatic rings. The van der Waals surface area contributed by atoms with Crippen molar-refractivity contribution in [2.75, 3.05) is 0 Å². The molecule has 1 unspecified atom stereocenters. The summed E-state index contributed by atoms with van der Waals surface area (Å²) < 4.78 is 29.3. The molecule has 0 bridgehead atoms. The molecule has 0 radical (unpaired) electrons. The third kappa shape index (κ3) is 2.42. The van der Waals surface area contributed by atoms with Crippen molar-refractivity contribution in [1.82, 2.24) is 4.57 Å². The Hall–Kier alpha value is -2.99. The van der Waals surface area contributed by atoms with Crippen molar-refractivity contribution in [3.05, 3.63) is 81.8 Å². The van der Waals surface area contributed by atoms with E-state index in [0.717, 1.165) is 18.2 Å². The summed E-state index contributed by atoms with van der Waals surface area (Å²) >= 11 is 0. The third-order valence-electron chi connectivity index (χ3n) is 4.43. The predicted molar refractivity (Wildman–Crippen MR) is 87.7 cm³/mol. The molecule has 2 N–H and O–H groups in total. The van der Waals surface area contributed by atoms with E-state index in [1.165, 1.54) is 16.8 Å². The van der Waals surface area contributed by atoms with Crippen molar-refractivity contribution >= 4 is 0 Å². The van der Waals surface area contributed by atoms with E-state index in [4.69, 9.17) is 0 Å². The highest BCUT2D eigenvalue weighted by Gasteiger charge is 2.26. The highest BCUT2D eigenvalue weighted by atomic mass is 19.1. The summed E-state index contributed by atoms with van der Waals surface area (Å²) in [7, 11) is 0. The number of benzene rings is 2. The summed E-state index contributed by atoms with van der Waals surface area (Å²) in [6, 6.07) is 9.44. The number of fused-ring (bicyclic) bond motifs is 3. The van der Waals surface area contributed by atoms with Gasteiger partial charge in [-0.15, -0.1) is 0 Å². The molecular formula is C19H13F2NO3. The summed E-state index contributed by atoms with van der Waals surface area (Å²) in [5.74, 6) is -1.59. The van der Waals surface area contributed by atoms with Crippen LogP contribution in [0.1, 0.15) is 17.4 Å². The van der Waals surface area contributed by atoms with Crippen molar-refractivity contribution < 1.29 is 19.0 Å². The van der Waals surface area contributed by atoms with E-state index in [0.29, 0.717) is 22.5 Å². The zero-order valence-corrected chi connectivity index (χ0v) is 12.9. The predicted octanol–water partition coefficient (Wildman–Crippen LogP) is 3.08. The minimum atomic E-state index is -1.00. The zero-order chi connectivity index (χ0) is 17.7. The lowest BCUT2D eigenvalue weighted by atomic mass is 9.90. The molecule has 4 rings (SSSR count). The van der Waals surface area contributed by atoms with Gasteiger partial charge in [0.25, 0.3) is 0 Å². The summed E-state index contributed by atoms with van der Waals surface area (Å²) in [6.45, 7) is 0. The minimum absolute atomic E-state index is 0.0952. The zero-order valence-electron chi connectivity index (χ0n) is 12.9. The van der Waals surface area contributed by atoms with Crippen molar-refractivity contribution in [3.63, 3.8) is 0 Å². The lowest BCUT2D eigenvalue weighted by Crippen LogP contribution is -2.22. The fourth-order valence-electron chi connectivity index (χ4n) is 3.27. The number of hydrogen-bond donors (Lipinski definition) is 2. The van der Waals surface area contributed by atoms with Crippen LogP contribution in [0, 0.1) is 11.6 Å². The molecule has 1 aromatic heterocycles. The fourth-order valence-corrected chi connectivity index (χ4v) is 3.27. The lowest BCUT2D eigenvalue weighted by molar-refractivity contribution is 0.166. The Morgan fingerprint density at radius 2 is 1.88 bits per heavy atom. The Labute approximate surface area is 141 Å². The Morgan fingerprint density at radius 3 is 2.68 bits per heavy atom. The number of rotatable bonds is 1. The van der Waals surface area contributed by atoms with Gasteiger partial charge in [-0.25, -0.2) is 8.78 Å². The average Bonchev–Trinajstić information content (AvgIpc) is 2.59. The van der Waals surface area contributed by atoms with Crippen molar-refractivity contribution in [2.45, 2.75) is 12.5 Å². The summed E-state index contributed by atoms with van der Waals surface area (Å²) in [5, 5.41) is 20.1. The molecule has 126 valence electrons. The van der Waals surface area contributed by atoms with E-state index < -0.39 is 28.9 Å². The van der Waals surface area contributed by atoms with Gasteiger partial charge >= 0.3 is 0 Å². The summed E-state index contributed by atoms with van der Waals surface area (Å²) in [4.78, 5) is 11.7. The number of pyridine rings is 1. The van der Waals surface area contributed by atoms with E-state index in [1.54, 1.807) is 18.2 Å². The number of aliphatic hydroxyl groups is 1. The topological polar surface area (TPSA) is 62.5 Å². The van der Waals surface area contributed by atoms with E-state index in [1.807, 2.05) is 0 Å². The molecule has 2 aromatic carbocycles. The maximum Gasteiger partial charge on any atom is 0.223 e. The van der Waals surface area contributed by atoms with Gasteiger partial charge in [-0.1, -0.05) is 12.1 Å². The number of halogens is 2. The van der Waals surface area contributed by atoms with E-state index >= 15 is 0 Å². The largest absolute Gasteiger partial charge is 0.503 e. The number of aromatic hydroxyl groups is 1. The van der Waals surface area contributed by atoms with Crippen LogP contribution >= 0.6 is 0 Å². The van der Waals surface area contributed by atoms with Gasteiger partial charge in [0, 0.05) is 23.7 Å². The Balaban J connectivity index is 2.01. The number of aromatic nitrogens is 1. The van der Waals surface area contributed by atoms with Gasteiger partial charge in [-0.05, 0) is 35.4 Å². The van der Waals surface area contributed by atoms with Crippen LogP contribution < -0.4 is 5.43 Å². The molecule has 1 aliphatic rings. The van der Waals surface area contributed by atoms with Crippen LogP contribution in [-0.4, -0.2) is 14.8 Å². The van der Waals surface area contributed by atoms with Gasteiger partial charge < -0.3 is 14.8 Å². The first-order valence-corrected chi connectivity index (χ1v) is 7.67. The first-order valence-electron chi connectivity index (χ1n) is 7.67. The molecule has 25 heavy (non-hydrogen) atoms. The highest BCUT2D eigenvalue weighted by molar-refractivity contribution is 5.73. The molecule has 2 heterocycles. The second-order valence-corrected chi connectivity index (χ2v) is 5.97. The molecule has 0 aliphatic carbocycles. The molecule has 0 spiro atoms. The van der Waals surface area contributed by atoms with Crippen molar-refractivity contribution in [1.29, 1.82) is 0 Å². The molecule has 1 aliphatic heterocycles. The van der Waals surface area contributed by atoms with Gasteiger partial charge in [-0.2, -0.15) is 0 Å². The standard InChI is InChI=1S/C19H13F2NO3/c20-10-4-5-14(21)12(6-10)11-2-1-3-15-13(11)7-17(23)16-8-18(24)19(25)9-22(15)16/h1-6,8-9,17,23,25H,7H2. The Morgan fingerprint density at radius 1 is 1.08 bits per heavy atom. The van der Waals surface area contributed by atoms with E-state index in [9.17, 15) is 23.8 Å². The average molecular weight is 341 g/mol. The first kappa shape index (κ1) is 15.5.